The standard InChI is InChI=1S/C14H17FN2/c15-13-3-1-2-11-4-5-12(14(11)13)10-17-8-6-16-7-9-17/h1-5,12,16H,6-10H2. The maximum absolute atomic E-state index is 13.8. The Morgan fingerprint density at radius 2 is 2.12 bits per heavy atom. The highest BCUT2D eigenvalue weighted by Gasteiger charge is 2.23. The van der Waals surface area contributed by atoms with Gasteiger partial charge in [-0.3, -0.25) is 4.90 Å². The Balaban J connectivity index is 1.76. The van der Waals surface area contributed by atoms with Crippen LogP contribution in [-0.2, 0) is 0 Å². The number of piperazine rings is 1. The van der Waals surface area contributed by atoms with Crippen LogP contribution >= 0.6 is 0 Å². The van der Waals surface area contributed by atoms with Crippen molar-refractivity contribution in [1.82, 2.24) is 10.2 Å². The van der Waals surface area contributed by atoms with Gasteiger partial charge in [0.2, 0.25) is 0 Å². The number of hydrogen-bond donors (Lipinski definition) is 1. The second kappa shape index (κ2) is 4.59. The molecular weight excluding hydrogens is 215 g/mol. The van der Waals surface area contributed by atoms with Gasteiger partial charge < -0.3 is 5.32 Å². The van der Waals surface area contributed by atoms with E-state index < -0.39 is 0 Å². The molecule has 1 aliphatic carbocycles. The van der Waals surface area contributed by atoms with Crippen molar-refractivity contribution in [1.29, 1.82) is 0 Å². The highest BCUT2D eigenvalue weighted by molar-refractivity contribution is 5.62. The molecule has 1 aromatic rings. The molecule has 0 spiro atoms. The lowest BCUT2D eigenvalue weighted by atomic mass is 9.99. The van der Waals surface area contributed by atoms with Crippen LogP contribution in [0.15, 0.2) is 24.3 Å². The third-order valence-corrected chi connectivity index (χ3v) is 3.63. The van der Waals surface area contributed by atoms with Gasteiger partial charge in [-0.05, 0) is 11.6 Å². The highest BCUT2D eigenvalue weighted by atomic mass is 19.1. The molecule has 1 atom stereocenters. The van der Waals surface area contributed by atoms with Crippen molar-refractivity contribution in [2.75, 3.05) is 32.7 Å². The van der Waals surface area contributed by atoms with Gasteiger partial charge in [0.15, 0.2) is 0 Å². The smallest absolute Gasteiger partial charge is 0.127 e. The first-order valence-corrected chi connectivity index (χ1v) is 6.24. The first-order valence-electron chi connectivity index (χ1n) is 6.24. The summed E-state index contributed by atoms with van der Waals surface area (Å²) in [5.74, 6) is 0.164. The molecule has 3 heteroatoms. The van der Waals surface area contributed by atoms with Crippen molar-refractivity contribution in [2.45, 2.75) is 5.92 Å². The predicted molar refractivity (Wildman–Crippen MR) is 67.5 cm³/mol. The number of hydrogen-bond acceptors (Lipinski definition) is 2. The summed E-state index contributed by atoms with van der Waals surface area (Å²) in [7, 11) is 0. The van der Waals surface area contributed by atoms with Crippen LogP contribution in [0.5, 0.6) is 0 Å². The second-order valence-electron chi connectivity index (χ2n) is 4.76. The van der Waals surface area contributed by atoms with Crippen molar-refractivity contribution in [3.05, 3.63) is 41.2 Å². The summed E-state index contributed by atoms with van der Waals surface area (Å²) in [5, 5.41) is 3.34. The summed E-state index contributed by atoms with van der Waals surface area (Å²) in [6, 6.07) is 5.34. The summed E-state index contributed by atoms with van der Waals surface area (Å²) in [6.07, 6.45) is 4.18. The van der Waals surface area contributed by atoms with Crippen molar-refractivity contribution in [3.8, 4) is 0 Å². The fourth-order valence-corrected chi connectivity index (χ4v) is 2.73. The number of rotatable bonds is 2. The average Bonchev–Trinajstić information content (AvgIpc) is 2.75. The number of nitrogens with one attached hydrogen (secondary N) is 1. The summed E-state index contributed by atoms with van der Waals surface area (Å²) in [6.45, 7) is 5.15. The molecule has 0 amide bonds. The molecule has 1 N–H and O–H groups in total. The van der Waals surface area contributed by atoms with Crippen LogP contribution in [0, 0.1) is 5.82 Å². The maximum Gasteiger partial charge on any atom is 0.127 e. The summed E-state index contributed by atoms with van der Waals surface area (Å²) < 4.78 is 13.8. The lowest BCUT2D eigenvalue weighted by Crippen LogP contribution is -2.44. The van der Waals surface area contributed by atoms with Gasteiger partial charge in [-0.2, -0.15) is 0 Å². The molecule has 1 aliphatic heterocycles. The molecule has 1 fully saturated rings. The number of halogens is 1. The van der Waals surface area contributed by atoms with Gasteiger partial charge in [-0.25, -0.2) is 4.39 Å². The van der Waals surface area contributed by atoms with E-state index in [1.807, 2.05) is 12.1 Å². The quantitative estimate of drug-likeness (QED) is 0.837. The molecule has 17 heavy (non-hydrogen) atoms. The molecular formula is C14H17FN2. The van der Waals surface area contributed by atoms with Gasteiger partial charge in [0, 0.05) is 44.2 Å². The Labute approximate surface area is 101 Å². The Kier molecular flexibility index (Phi) is 2.95. The third-order valence-electron chi connectivity index (χ3n) is 3.63. The lowest BCUT2D eigenvalue weighted by molar-refractivity contribution is 0.235. The predicted octanol–water partition coefficient (Wildman–Crippen LogP) is 1.84. The van der Waals surface area contributed by atoms with Gasteiger partial charge in [0.05, 0.1) is 0 Å². The largest absolute Gasteiger partial charge is 0.314 e. The zero-order chi connectivity index (χ0) is 11.7. The van der Waals surface area contributed by atoms with E-state index in [2.05, 4.69) is 16.3 Å². The molecule has 2 nitrogen and oxygen atoms in total. The molecule has 3 rings (SSSR count). The second-order valence-corrected chi connectivity index (χ2v) is 4.76. The monoisotopic (exact) mass is 232 g/mol. The van der Waals surface area contributed by atoms with Crippen LogP contribution < -0.4 is 5.32 Å². The molecule has 1 heterocycles. The minimum atomic E-state index is -0.0624. The SMILES string of the molecule is Fc1cccc2c1C(CN1CCNCC1)C=C2. The third kappa shape index (κ3) is 2.13. The van der Waals surface area contributed by atoms with Crippen LogP contribution in [0.2, 0.25) is 0 Å². The molecule has 1 saturated heterocycles. The summed E-state index contributed by atoms with van der Waals surface area (Å²) in [4.78, 5) is 2.41. The van der Waals surface area contributed by atoms with Crippen molar-refractivity contribution < 1.29 is 4.39 Å². The van der Waals surface area contributed by atoms with Gasteiger partial charge in [-0.1, -0.05) is 24.3 Å². The van der Waals surface area contributed by atoms with Crippen LogP contribution in [0.25, 0.3) is 6.08 Å². The van der Waals surface area contributed by atoms with Gasteiger partial charge >= 0.3 is 0 Å². The summed E-state index contributed by atoms with van der Waals surface area (Å²) in [5.41, 5.74) is 1.93. The number of nitrogens with zero attached hydrogens (tertiary/aromatic N) is 1. The fourth-order valence-electron chi connectivity index (χ4n) is 2.73. The van der Waals surface area contributed by atoms with E-state index in [0.717, 1.165) is 43.9 Å². The number of benzene rings is 1. The highest BCUT2D eigenvalue weighted by Crippen LogP contribution is 2.32. The molecule has 0 saturated carbocycles. The Morgan fingerprint density at radius 1 is 1.29 bits per heavy atom. The number of fused-ring (bicyclic) bond motifs is 1. The first-order chi connectivity index (χ1) is 8.34. The van der Waals surface area contributed by atoms with Gasteiger partial charge in [-0.15, -0.1) is 0 Å². The Morgan fingerprint density at radius 3 is 2.94 bits per heavy atom. The van der Waals surface area contributed by atoms with Crippen molar-refractivity contribution >= 4 is 6.08 Å². The minimum absolute atomic E-state index is 0.0624. The van der Waals surface area contributed by atoms with E-state index in [9.17, 15) is 4.39 Å². The van der Waals surface area contributed by atoms with E-state index >= 15 is 0 Å². The van der Waals surface area contributed by atoms with E-state index in [1.165, 1.54) is 0 Å². The average molecular weight is 232 g/mol. The fraction of sp³-hybridized carbons (Fsp3) is 0.429. The minimum Gasteiger partial charge on any atom is -0.314 e. The van der Waals surface area contributed by atoms with E-state index in [4.69, 9.17) is 0 Å². The van der Waals surface area contributed by atoms with E-state index in [-0.39, 0.29) is 11.7 Å². The zero-order valence-corrected chi connectivity index (χ0v) is 9.82. The molecule has 90 valence electrons. The van der Waals surface area contributed by atoms with Crippen LogP contribution in [0.3, 0.4) is 0 Å². The molecule has 2 aliphatic rings. The molecule has 0 bridgehead atoms. The van der Waals surface area contributed by atoms with Crippen LogP contribution in [-0.4, -0.2) is 37.6 Å². The molecule has 1 unspecified atom stereocenters. The van der Waals surface area contributed by atoms with Gasteiger partial charge in [0.25, 0.3) is 0 Å². The summed E-state index contributed by atoms with van der Waals surface area (Å²) >= 11 is 0. The van der Waals surface area contributed by atoms with Crippen molar-refractivity contribution in [3.63, 3.8) is 0 Å². The Hall–Kier alpha value is -1.19. The van der Waals surface area contributed by atoms with E-state index in [1.54, 1.807) is 12.1 Å². The topological polar surface area (TPSA) is 15.3 Å². The van der Waals surface area contributed by atoms with Crippen LogP contribution in [0.1, 0.15) is 17.0 Å². The van der Waals surface area contributed by atoms with Gasteiger partial charge in [0.1, 0.15) is 5.82 Å². The Bertz CT molecular complexity index is 436. The molecule has 0 aromatic heterocycles. The lowest BCUT2D eigenvalue weighted by Gasteiger charge is -2.29. The normalized spacial score (nSPS) is 23.9. The van der Waals surface area contributed by atoms with Crippen LogP contribution in [0.4, 0.5) is 4.39 Å². The zero-order valence-electron chi connectivity index (χ0n) is 9.82. The molecule has 0 radical (unpaired) electrons. The maximum atomic E-state index is 13.8. The van der Waals surface area contributed by atoms with E-state index in [0.29, 0.717) is 0 Å². The molecule has 1 aromatic carbocycles. The van der Waals surface area contributed by atoms with Crippen molar-refractivity contribution in [2.24, 2.45) is 0 Å². The first kappa shape index (κ1) is 10.9.